The fourth-order valence-electron chi connectivity index (χ4n) is 3.04. The van der Waals surface area contributed by atoms with Crippen molar-refractivity contribution >= 4 is 22.7 Å². The molecule has 3 rings (SSSR count). The number of carbonyl (C=O) groups excluding carboxylic acids is 2. The third kappa shape index (κ3) is 4.55. The average Bonchev–Trinajstić information content (AvgIpc) is 2.73. The molecule has 0 fully saturated rings. The fraction of sp³-hybridized carbons (Fsp3) is 0.273. The van der Waals surface area contributed by atoms with Gasteiger partial charge in [-0.15, -0.1) is 0 Å². The van der Waals surface area contributed by atoms with E-state index in [-0.39, 0.29) is 28.8 Å². The Bertz CT molecular complexity index is 1100. The Balaban J connectivity index is 2.00. The largest absolute Gasteiger partial charge is 0.504 e. The van der Waals surface area contributed by atoms with Crippen molar-refractivity contribution in [3.63, 3.8) is 0 Å². The molecule has 2 aromatic heterocycles. The number of pyridine rings is 2. The standard InChI is InChI=1S/C22H24N4O4/c1-3-15(27)11-25-22(30)19-20(28)17-16(18(26-19)21(23)29)9-14(10-24-17)8-13-6-4-12(2)5-7-13/h4-7,9-10,15,27-28H,3,8,11H2,1-2H3,(H2,23,29)(H,25,30). The minimum Gasteiger partial charge on any atom is -0.504 e. The predicted molar refractivity (Wildman–Crippen MR) is 112 cm³/mol. The molecule has 0 aliphatic heterocycles. The Hall–Kier alpha value is -3.52. The van der Waals surface area contributed by atoms with E-state index in [1.54, 1.807) is 19.2 Å². The molecule has 156 valence electrons. The zero-order valence-corrected chi connectivity index (χ0v) is 16.8. The number of aliphatic hydroxyl groups is 1. The van der Waals surface area contributed by atoms with Crippen molar-refractivity contribution in [3.8, 4) is 5.75 Å². The smallest absolute Gasteiger partial charge is 0.273 e. The number of hydrogen-bond acceptors (Lipinski definition) is 6. The van der Waals surface area contributed by atoms with Crippen LogP contribution in [0.4, 0.5) is 0 Å². The van der Waals surface area contributed by atoms with Gasteiger partial charge in [-0.3, -0.25) is 14.6 Å². The number of hydrogen-bond donors (Lipinski definition) is 4. The summed E-state index contributed by atoms with van der Waals surface area (Å²) in [5.74, 6) is -2.01. The lowest BCUT2D eigenvalue weighted by molar-refractivity contribution is 0.0906. The van der Waals surface area contributed by atoms with Crippen LogP contribution in [0.2, 0.25) is 0 Å². The second-order valence-electron chi connectivity index (χ2n) is 7.20. The normalized spacial score (nSPS) is 12.0. The Morgan fingerprint density at radius 3 is 2.50 bits per heavy atom. The molecule has 0 saturated carbocycles. The van der Waals surface area contributed by atoms with Gasteiger partial charge in [0.25, 0.3) is 11.8 Å². The van der Waals surface area contributed by atoms with Gasteiger partial charge in [-0.25, -0.2) is 4.98 Å². The van der Waals surface area contributed by atoms with E-state index in [1.807, 2.05) is 31.2 Å². The number of nitrogens with one attached hydrogen (secondary N) is 1. The van der Waals surface area contributed by atoms with Gasteiger partial charge in [-0.2, -0.15) is 0 Å². The SMILES string of the molecule is CCC(O)CNC(=O)c1nc(C(N)=O)c2cc(Cc3ccc(C)cc3)cnc2c1O. The molecule has 0 radical (unpaired) electrons. The first-order chi connectivity index (χ1) is 14.3. The van der Waals surface area contributed by atoms with Crippen LogP contribution in [0.25, 0.3) is 10.9 Å². The first-order valence-corrected chi connectivity index (χ1v) is 9.63. The van der Waals surface area contributed by atoms with Crippen molar-refractivity contribution in [1.29, 1.82) is 0 Å². The summed E-state index contributed by atoms with van der Waals surface area (Å²) in [7, 11) is 0. The van der Waals surface area contributed by atoms with Crippen LogP contribution in [0.3, 0.4) is 0 Å². The Morgan fingerprint density at radius 1 is 1.17 bits per heavy atom. The van der Waals surface area contributed by atoms with Gasteiger partial charge in [-0.05, 0) is 37.0 Å². The summed E-state index contributed by atoms with van der Waals surface area (Å²) in [5.41, 5.74) is 8.04. The summed E-state index contributed by atoms with van der Waals surface area (Å²) >= 11 is 0. The maximum Gasteiger partial charge on any atom is 0.273 e. The molecule has 5 N–H and O–H groups in total. The van der Waals surface area contributed by atoms with Gasteiger partial charge in [0, 0.05) is 18.1 Å². The number of aromatic hydroxyl groups is 1. The van der Waals surface area contributed by atoms with Crippen molar-refractivity contribution in [2.75, 3.05) is 6.54 Å². The summed E-state index contributed by atoms with van der Waals surface area (Å²) in [5, 5.41) is 22.9. The second-order valence-corrected chi connectivity index (χ2v) is 7.20. The number of carbonyl (C=O) groups is 2. The van der Waals surface area contributed by atoms with E-state index in [0.717, 1.165) is 16.7 Å². The maximum absolute atomic E-state index is 12.4. The summed E-state index contributed by atoms with van der Waals surface area (Å²) in [6, 6.07) is 9.71. The molecule has 1 unspecified atom stereocenters. The van der Waals surface area contributed by atoms with Gasteiger partial charge in [-0.1, -0.05) is 36.8 Å². The second kappa shape index (κ2) is 8.87. The van der Waals surface area contributed by atoms with Crippen LogP contribution >= 0.6 is 0 Å². The molecule has 8 heteroatoms. The highest BCUT2D eigenvalue weighted by molar-refractivity contribution is 6.09. The highest BCUT2D eigenvalue weighted by atomic mass is 16.3. The summed E-state index contributed by atoms with van der Waals surface area (Å²) in [6.45, 7) is 3.76. The number of aryl methyl sites for hydroxylation is 1. The third-order valence-corrected chi connectivity index (χ3v) is 4.82. The van der Waals surface area contributed by atoms with Crippen molar-refractivity contribution in [2.24, 2.45) is 5.73 Å². The molecule has 0 bridgehead atoms. The van der Waals surface area contributed by atoms with E-state index in [0.29, 0.717) is 12.8 Å². The van der Waals surface area contributed by atoms with Crippen LogP contribution in [0, 0.1) is 6.92 Å². The molecule has 8 nitrogen and oxygen atoms in total. The van der Waals surface area contributed by atoms with Crippen LogP contribution in [0.15, 0.2) is 36.5 Å². The third-order valence-electron chi connectivity index (χ3n) is 4.82. The number of benzene rings is 1. The lowest BCUT2D eigenvalue weighted by atomic mass is 10.0. The van der Waals surface area contributed by atoms with E-state index < -0.39 is 23.7 Å². The van der Waals surface area contributed by atoms with Crippen molar-refractivity contribution in [2.45, 2.75) is 32.8 Å². The van der Waals surface area contributed by atoms with Crippen molar-refractivity contribution in [3.05, 3.63) is 64.6 Å². The van der Waals surface area contributed by atoms with Crippen molar-refractivity contribution < 1.29 is 19.8 Å². The van der Waals surface area contributed by atoms with Crippen LogP contribution in [-0.4, -0.2) is 44.6 Å². The van der Waals surface area contributed by atoms with E-state index >= 15 is 0 Å². The van der Waals surface area contributed by atoms with Crippen molar-refractivity contribution in [1.82, 2.24) is 15.3 Å². The van der Waals surface area contributed by atoms with Gasteiger partial charge in [0.15, 0.2) is 11.4 Å². The molecule has 30 heavy (non-hydrogen) atoms. The fourth-order valence-corrected chi connectivity index (χ4v) is 3.04. The number of primary amides is 1. The van der Waals surface area contributed by atoms with Gasteiger partial charge in [0.2, 0.25) is 0 Å². The minimum absolute atomic E-state index is 0.0106. The highest BCUT2D eigenvalue weighted by Crippen LogP contribution is 2.29. The summed E-state index contributed by atoms with van der Waals surface area (Å²) in [4.78, 5) is 32.7. The monoisotopic (exact) mass is 408 g/mol. The molecule has 1 atom stereocenters. The van der Waals surface area contributed by atoms with Gasteiger partial charge in [0.1, 0.15) is 11.2 Å². The first-order valence-electron chi connectivity index (χ1n) is 9.63. The maximum atomic E-state index is 12.4. The summed E-state index contributed by atoms with van der Waals surface area (Å²) in [6.07, 6.45) is 1.87. The van der Waals surface area contributed by atoms with E-state index in [9.17, 15) is 19.8 Å². The van der Waals surface area contributed by atoms with Crippen LogP contribution in [0.1, 0.15) is 51.0 Å². The minimum atomic E-state index is -0.836. The molecular weight excluding hydrogens is 384 g/mol. The Morgan fingerprint density at radius 2 is 1.87 bits per heavy atom. The average molecular weight is 408 g/mol. The highest BCUT2D eigenvalue weighted by Gasteiger charge is 2.23. The number of rotatable bonds is 7. The van der Waals surface area contributed by atoms with Gasteiger partial charge in [0.05, 0.1) is 6.10 Å². The van der Waals surface area contributed by atoms with E-state index in [2.05, 4.69) is 15.3 Å². The number of aliphatic hydroxyl groups excluding tert-OH is 1. The van der Waals surface area contributed by atoms with Crippen LogP contribution in [0.5, 0.6) is 5.75 Å². The van der Waals surface area contributed by atoms with E-state index in [4.69, 9.17) is 5.73 Å². The molecule has 1 aromatic carbocycles. The zero-order valence-electron chi connectivity index (χ0n) is 16.8. The first kappa shape index (κ1) is 21.2. The van der Waals surface area contributed by atoms with Gasteiger partial charge < -0.3 is 21.3 Å². The van der Waals surface area contributed by atoms with E-state index in [1.165, 1.54) is 0 Å². The molecule has 2 heterocycles. The topological polar surface area (TPSA) is 138 Å². The Kier molecular flexibility index (Phi) is 6.27. The Labute approximate surface area is 173 Å². The molecule has 0 saturated heterocycles. The van der Waals surface area contributed by atoms with Crippen LogP contribution < -0.4 is 11.1 Å². The molecule has 2 amide bonds. The molecular formula is C22H24N4O4. The molecule has 0 aliphatic carbocycles. The lowest BCUT2D eigenvalue weighted by Gasteiger charge is -2.13. The predicted octanol–water partition coefficient (Wildman–Crippen LogP) is 1.83. The lowest BCUT2D eigenvalue weighted by Crippen LogP contribution is -2.32. The molecule has 0 aliphatic rings. The summed E-state index contributed by atoms with van der Waals surface area (Å²) < 4.78 is 0. The zero-order chi connectivity index (χ0) is 21.8. The molecule has 3 aromatic rings. The number of aromatic nitrogens is 2. The number of nitrogens with zero attached hydrogens (tertiary/aromatic N) is 2. The molecule has 0 spiro atoms. The van der Waals surface area contributed by atoms with Crippen LogP contribution in [-0.2, 0) is 6.42 Å². The van der Waals surface area contributed by atoms with Gasteiger partial charge >= 0.3 is 0 Å². The number of fused-ring (bicyclic) bond motifs is 1. The number of nitrogens with two attached hydrogens (primary N) is 1. The quantitative estimate of drug-likeness (QED) is 0.470. The number of amides is 2.